The summed E-state index contributed by atoms with van der Waals surface area (Å²) in [5.74, 6) is -0.439. The Hall–Kier alpha value is -3.52. The van der Waals surface area contributed by atoms with Gasteiger partial charge in [0.15, 0.2) is 0 Å². The Kier molecular flexibility index (Phi) is 4.62. The highest BCUT2D eigenvalue weighted by Gasteiger charge is 2.24. The number of halogens is 1. The lowest BCUT2D eigenvalue weighted by Crippen LogP contribution is -2.20. The summed E-state index contributed by atoms with van der Waals surface area (Å²) in [7, 11) is 0. The predicted molar refractivity (Wildman–Crippen MR) is 105 cm³/mol. The maximum absolute atomic E-state index is 12.5. The number of benzene rings is 2. The zero-order valence-corrected chi connectivity index (χ0v) is 15.2. The third-order valence-corrected chi connectivity index (χ3v) is 4.92. The fraction of sp³-hybridized carbons (Fsp3) is 0.105. The van der Waals surface area contributed by atoms with Crippen molar-refractivity contribution in [2.75, 3.05) is 0 Å². The summed E-state index contributed by atoms with van der Waals surface area (Å²) in [6, 6.07) is 12.0. The molecule has 1 aromatic heterocycles. The molecule has 0 saturated carbocycles. The molecule has 1 aliphatic carbocycles. The molecule has 0 bridgehead atoms. The second-order valence-corrected chi connectivity index (χ2v) is 6.65. The second kappa shape index (κ2) is 7.24. The summed E-state index contributed by atoms with van der Waals surface area (Å²) in [5.41, 5.74) is 6.83. The standard InChI is InChI=1S/C19H14ClN5O3/c20-16-8-6-13(25(27)28)9-12(16)10-21-24-19(26)18-15-7-5-11-3-1-2-4-14(11)17(15)22-23-18/h1-4,6,8-10H,5,7H2,(H,22,23)(H,24,26)/b21-10-. The monoisotopic (exact) mass is 395 g/mol. The SMILES string of the molecule is O=C(N/N=C\c1cc([N+](=O)[O-])ccc1Cl)c1[nH]nc2c1CCc1ccccc1-2. The van der Waals surface area contributed by atoms with Crippen LogP contribution in [0.3, 0.4) is 0 Å². The molecule has 0 fully saturated rings. The number of nitrogens with zero attached hydrogens (tertiary/aromatic N) is 3. The molecule has 3 aromatic rings. The molecule has 1 aliphatic rings. The van der Waals surface area contributed by atoms with Crippen molar-refractivity contribution >= 4 is 29.4 Å². The summed E-state index contributed by atoms with van der Waals surface area (Å²) in [6.07, 6.45) is 2.80. The first-order chi connectivity index (χ1) is 13.5. The summed E-state index contributed by atoms with van der Waals surface area (Å²) >= 11 is 6.02. The van der Waals surface area contributed by atoms with Gasteiger partial charge >= 0.3 is 0 Å². The average molecular weight is 396 g/mol. The molecule has 8 nitrogen and oxygen atoms in total. The first kappa shape index (κ1) is 17.9. The van der Waals surface area contributed by atoms with Crippen LogP contribution in [0.1, 0.15) is 27.2 Å². The van der Waals surface area contributed by atoms with Crippen LogP contribution in [-0.4, -0.2) is 27.2 Å². The molecule has 28 heavy (non-hydrogen) atoms. The Morgan fingerprint density at radius 1 is 1.29 bits per heavy atom. The van der Waals surface area contributed by atoms with Gasteiger partial charge in [0, 0.05) is 33.8 Å². The van der Waals surface area contributed by atoms with Crippen molar-refractivity contribution in [1.29, 1.82) is 0 Å². The Labute approximate surface area is 164 Å². The van der Waals surface area contributed by atoms with E-state index >= 15 is 0 Å². The second-order valence-electron chi connectivity index (χ2n) is 6.24. The molecular formula is C19H14ClN5O3. The van der Waals surface area contributed by atoms with E-state index in [0.29, 0.717) is 22.7 Å². The molecule has 2 N–H and O–H groups in total. The van der Waals surface area contributed by atoms with E-state index in [9.17, 15) is 14.9 Å². The van der Waals surface area contributed by atoms with Crippen LogP contribution in [0, 0.1) is 10.1 Å². The van der Waals surface area contributed by atoms with Gasteiger partial charge in [0.25, 0.3) is 11.6 Å². The van der Waals surface area contributed by atoms with Crippen LogP contribution in [0.15, 0.2) is 47.6 Å². The number of nitro benzene ring substituents is 1. The van der Waals surface area contributed by atoms with Crippen molar-refractivity contribution < 1.29 is 9.72 Å². The van der Waals surface area contributed by atoms with Crippen LogP contribution in [0.5, 0.6) is 0 Å². The number of carbonyl (C=O) groups excluding carboxylic acids is 1. The number of nitrogens with one attached hydrogen (secondary N) is 2. The van der Waals surface area contributed by atoms with E-state index in [4.69, 9.17) is 11.6 Å². The first-order valence-electron chi connectivity index (χ1n) is 8.47. The lowest BCUT2D eigenvalue weighted by atomic mass is 9.89. The van der Waals surface area contributed by atoms with E-state index in [1.165, 1.54) is 30.0 Å². The number of fused-ring (bicyclic) bond motifs is 3. The zero-order chi connectivity index (χ0) is 19.7. The number of non-ortho nitro benzene ring substituents is 1. The molecule has 2 aromatic carbocycles. The molecule has 0 unspecified atom stereocenters. The normalized spacial score (nSPS) is 12.5. The van der Waals surface area contributed by atoms with Gasteiger partial charge in [0.2, 0.25) is 0 Å². The minimum atomic E-state index is -0.527. The van der Waals surface area contributed by atoms with Gasteiger partial charge in [0.1, 0.15) is 5.69 Å². The topological polar surface area (TPSA) is 113 Å². The summed E-state index contributed by atoms with van der Waals surface area (Å²) < 4.78 is 0. The molecule has 0 atom stereocenters. The van der Waals surface area contributed by atoms with E-state index in [-0.39, 0.29) is 5.69 Å². The van der Waals surface area contributed by atoms with Crippen LogP contribution in [0.25, 0.3) is 11.3 Å². The minimum Gasteiger partial charge on any atom is -0.272 e. The molecule has 140 valence electrons. The predicted octanol–water partition coefficient (Wildman–Crippen LogP) is 3.50. The number of carbonyl (C=O) groups is 1. The van der Waals surface area contributed by atoms with Gasteiger partial charge in [-0.25, -0.2) is 5.43 Å². The fourth-order valence-electron chi connectivity index (χ4n) is 3.21. The van der Waals surface area contributed by atoms with Crippen LogP contribution in [-0.2, 0) is 12.8 Å². The highest BCUT2D eigenvalue weighted by molar-refractivity contribution is 6.33. The maximum Gasteiger partial charge on any atom is 0.289 e. The third-order valence-electron chi connectivity index (χ3n) is 4.57. The van der Waals surface area contributed by atoms with Crippen molar-refractivity contribution in [3.63, 3.8) is 0 Å². The maximum atomic E-state index is 12.5. The summed E-state index contributed by atoms with van der Waals surface area (Å²) in [6.45, 7) is 0. The molecule has 0 radical (unpaired) electrons. The van der Waals surface area contributed by atoms with E-state index in [2.05, 4.69) is 26.8 Å². The number of hydrogen-bond acceptors (Lipinski definition) is 5. The van der Waals surface area contributed by atoms with Gasteiger partial charge in [-0.15, -0.1) is 0 Å². The molecule has 4 rings (SSSR count). The molecule has 0 aliphatic heterocycles. The van der Waals surface area contributed by atoms with Crippen LogP contribution < -0.4 is 5.43 Å². The molecular weight excluding hydrogens is 382 g/mol. The van der Waals surface area contributed by atoms with E-state index in [0.717, 1.165) is 23.2 Å². The van der Waals surface area contributed by atoms with Crippen LogP contribution in [0.2, 0.25) is 5.02 Å². The Morgan fingerprint density at radius 3 is 2.93 bits per heavy atom. The Morgan fingerprint density at radius 2 is 2.11 bits per heavy atom. The van der Waals surface area contributed by atoms with Gasteiger partial charge in [-0.3, -0.25) is 20.0 Å². The van der Waals surface area contributed by atoms with E-state index in [1.807, 2.05) is 18.2 Å². The molecule has 9 heteroatoms. The van der Waals surface area contributed by atoms with E-state index < -0.39 is 10.8 Å². The van der Waals surface area contributed by atoms with Gasteiger partial charge in [-0.1, -0.05) is 35.9 Å². The van der Waals surface area contributed by atoms with Crippen molar-refractivity contribution in [2.24, 2.45) is 5.10 Å². The van der Waals surface area contributed by atoms with Gasteiger partial charge in [0.05, 0.1) is 16.8 Å². The van der Waals surface area contributed by atoms with Gasteiger partial charge in [-0.2, -0.15) is 10.2 Å². The number of aromatic nitrogens is 2. The largest absolute Gasteiger partial charge is 0.289 e. The molecule has 0 saturated heterocycles. The van der Waals surface area contributed by atoms with E-state index in [1.54, 1.807) is 0 Å². The van der Waals surface area contributed by atoms with Crippen molar-refractivity contribution in [2.45, 2.75) is 12.8 Å². The number of aryl methyl sites for hydroxylation is 1. The molecule has 1 amide bonds. The zero-order valence-electron chi connectivity index (χ0n) is 14.5. The molecule has 0 spiro atoms. The number of amides is 1. The Balaban J connectivity index is 1.54. The van der Waals surface area contributed by atoms with Crippen molar-refractivity contribution in [3.8, 4) is 11.3 Å². The lowest BCUT2D eigenvalue weighted by molar-refractivity contribution is -0.384. The fourth-order valence-corrected chi connectivity index (χ4v) is 3.37. The van der Waals surface area contributed by atoms with Crippen molar-refractivity contribution in [1.82, 2.24) is 15.6 Å². The number of hydrazone groups is 1. The highest BCUT2D eigenvalue weighted by Crippen LogP contribution is 2.33. The minimum absolute atomic E-state index is 0.113. The number of hydrogen-bond donors (Lipinski definition) is 2. The number of aromatic amines is 1. The summed E-state index contributed by atoms with van der Waals surface area (Å²) in [4.78, 5) is 22.8. The highest BCUT2D eigenvalue weighted by atomic mass is 35.5. The average Bonchev–Trinajstić information content (AvgIpc) is 3.14. The molecule has 1 heterocycles. The number of nitro groups is 1. The van der Waals surface area contributed by atoms with Crippen LogP contribution >= 0.6 is 11.6 Å². The van der Waals surface area contributed by atoms with Crippen molar-refractivity contribution in [3.05, 3.63) is 80.0 Å². The smallest absolute Gasteiger partial charge is 0.272 e. The quantitative estimate of drug-likeness (QED) is 0.399. The number of H-pyrrole nitrogens is 1. The number of rotatable bonds is 4. The lowest BCUT2D eigenvalue weighted by Gasteiger charge is -2.15. The van der Waals surface area contributed by atoms with Gasteiger partial charge in [-0.05, 0) is 24.5 Å². The third kappa shape index (κ3) is 3.25. The van der Waals surface area contributed by atoms with Gasteiger partial charge < -0.3 is 0 Å². The summed E-state index contributed by atoms with van der Waals surface area (Å²) in [5, 5.41) is 22.1. The Bertz CT molecular complexity index is 1120. The van der Waals surface area contributed by atoms with Crippen LogP contribution in [0.4, 0.5) is 5.69 Å². The first-order valence-corrected chi connectivity index (χ1v) is 8.85.